The lowest BCUT2D eigenvalue weighted by molar-refractivity contribution is -0.146. The molecule has 34 heavy (non-hydrogen) atoms. The highest BCUT2D eigenvalue weighted by Gasteiger charge is 2.37. The number of amides is 1. The molecule has 1 unspecified atom stereocenters. The summed E-state index contributed by atoms with van der Waals surface area (Å²) in [5, 5.41) is 1.07. The maximum absolute atomic E-state index is 13.6. The van der Waals surface area contributed by atoms with E-state index in [0.717, 1.165) is 38.8 Å². The van der Waals surface area contributed by atoms with Crippen molar-refractivity contribution < 1.29 is 14.3 Å². The number of rotatable bonds is 3. The van der Waals surface area contributed by atoms with Gasteiger partial charge in [0.25, 0.3) is 5.91 Å². The quantitative estimate of drug-likeness (QED) is 0.406. The summed E-state index contributed by atoms with van der Waals surface area (Å²) in [5.41, 5.74) is 5.88. The fourth-order valence-corrected chi connectivity index (χ4v) is 4.72. The Morgan fingerprint density at radius 2 is 1.85 bits per heavy atom. The predicted molar refractivity (Wildman–Crippen MR) is 127 cm³/mol. The highest BCUT2D eigenvalue weighted by Crippen LogP contribution is 2.32. The molecular weight excluding hydrogens is 430 g/mol. The first kappa shape index (κ1) is 20.2. The second-order valence-electron chi connectivity index (χ2n) is 8.36. The molecule has 0 fully saturated rings. The van der Waals surface area contributed by atoms with E-state index >= 15 is 0 Å². The molecule has 8 nitrogen and oxygen atoms in total. The lowest BCUT2D eigenvalue weighted by Crippen LogP contribution is -2.49. The van der Waals surface area contributed by atoms with Crippen LogP contribution in [0, 0.1) is 0 Å². The van der Waals surface area contributed by atoms with E-state index in [-0.39, 0.29) is 5.91 Å². The Labute approximate surface area is 194 Å². The van der Waals surface area contributed by atoms with Crippen molar-refractivity contribution in [3.8, 4) is 11.4 Å². The Morgan fingerprint density at radius 1 is 1.03 bits per heavy atom. The van der Waals surface area contributed by atoms with Crippen molar-refractivity contribution in [2.45, 2.75) is 19.0 Å². The number of aromatic nitrogens is 4. The molecule has 1 amide bonds. The lowest BCUT2D eigenvalue weighted by Gasteiger charge is -2.34. The summed E-state index contributed by atoms with van der Waals surface area (Å²) in [7, 11) is 1.35. The summed E-state index contributed by atoms with van der Waals surface area (Å²) >= 11 is 0. The van der Waals surface area contributed by atoms with Crippen LogP contribution >= 0.6 is 0 Å². The third-order valence-corrected chi connectivity index (χ3v) is 6.42. The number of hydrogen-bond donors (Lipinski definition) is 2. The number of nitrogens with zero attached hydrogens (tertiary/aromatic N) is 3. The molecule has 2 aromatic carbocycles. The highest BCUT2D eigenvalue weighted by molar-refractivity contribution is 6.00. The molecule has 0 bridgehead atoms. The van der Waals surface area contributed by atoms with E-state index in [2.05, 4.69) is 19.9 Å². The number of nitrogens with one attached hydrogen (secondary N) is 2. The number of para-hydroxylation sites is 1. The molecule has 0 radical (unpaired) electrons. The van der Waals surface area contributed by atoms with Crippen LogP contribution in [0.25, 0.3) is 33.3 Å². The van der Waals surface area contributed by atoms with Crippen LogP contribution in [0.3, 0.4) is 0 Å². The average Bonchev–Trinajstić information content (AvgIpc) is 3.48. The molecule has 5 aromatic rings. The number of hydrogen-bond acceptors (Lipinski definition) is 5. The van der Waals surface area contributed by atoms with Crippen LogP contribution in [0.5, 0.6) is 0 Å². The van der Waals surface area contributed by atoms with Crippen molar-refractivity contribution >= 4 is 33.8 Å². The number of fused-ring (bicyclic) bond motifs is 4. The van der Waals surface area contributed by atoms with E-state index in [1.807, 2.05) is 42.5 Å². The van der Waals surface area contributed by atoms with Crippen LogP contribution < -0.4 is 0 Å². The molecule has 168 valence electrons. The maximum atomic E-state index is 13.6. The molecule has 0 saturated heterocycles. The Bertz CT molecular complexity index is 1550. The number of esters is 1. The van der Waals surface area contributed by atoms with Crippen LogP contribution in [0.1, 0.15) is 21.6 Å². The normalized spacial score (nSPS) is 15.4. The van der Waals surface area contributed by atoms with Crippen molar-refractivity contribution in [1.29, 1.82) is 0 Å². The molecule has 8 heteroatoms. The third-order valence-electron chi connectivity index (χ3n) is 6.42. The number of aromatic amines is 2. The number of carbonyl (C=O) groups is 2. The fourth-order valence-electron chi connectivity index (χ4n) is 4.72. The Kier molecular flexibility index (Phi) is 4.65. The third kappa shape index (κ3) is 3.23. The Morgan fingerprint density at radius 3 is 2.68 bits per heavy atom. The zero-order chi connectivity index (χ0) is 23.2. The fraction of sp³-hybridized carbons (Fsp3) is 0.154. The average molecular weight is 451 g/mol. The first-order valence-corrected chi connectivity index (χ1v) is 11.0. The van der Waals surface area contributed by atoms with E-state index in [0.29, 0.717) is 24.4 Å². The van der Waals surface area contributed by atoms with E-state index in [9.17, 15) is 9.59 Å². The number of carbonyl (C=O) groups excluding carboxylic acids is 2. The molecule has 6 rings (SSSR count). The summed E-state index contributed by atoms with van der Waals surface area (Å²) in [4.78, 5) is 43.3. The van der Waals surface area contributed by atoms with E-state index < -0.39 is 12.0 Å². The zero-order valence-corrected chi connectivity index (χ0v) is 18.4. The van der Waals surface area contributed by atoms with Gasteiger partial charge in [-0.05, 0) is 42.0 Å². The van der Waals surface area contributed by atoms with Gasteiger partial charge in [-0.3, -0.25) is 9.78 Å². The molecule has 3 aromatic heterocycles. The van der Waals surface area contributed by atoms with Gasteiger partial charge in [0.2, 0.25) is 0 Å². The highest BCUT2D eigenvalue weighted by atomic mass is 16.5. The standard InChI is InChI=1S/C26H21N5O3/c1-34-26(33)23-13-18-17-4-2-3-5-19(17)28-22(18)14-31(23)25(32)16-6-7-20-21(12-16)30-24(29-20)15-8-10-27-11-9-15/h2-12,23,28H,13-14H2,1H3,(H,29,30). The maximum Gasteiger partial charge on any atom is 0.328 e. The van der Waals surface area contributed by atoms with Crippen LogP contribution in [0.2, 0.25) is 0 Å². The number of pyridine rings is 1. The second kappa shape index (κ2) is 7.84. The number of benzene rings is 2. The van der Waals surface area contributed by atoms with Gasteiger partial charge in [-0.15, -0.1) is 0 Å². The summed E-state index contributed by atoms with van der Waals surface area (Å²) in [5.74, 6) is 0.0451. The van der Waals surface area contributed by atoms with Crippen LogP contribution in [0.15, 0.2) is 67.0 Å². The first-order valence-electron chi connectivity index (χ1n) is 11.0. The minimum absolute atomic E-state index is 0.235. The van der Waals surface area contributed by atoms with Gasteiger partial charge in [0.15, 0.2) is 0 Å². The van der Waals surface area contributed by atoms with Gasteiger partial charge in [0.1, 0.15) is 11.9 Å². The molecule has 1 aliphatic heterocycles. The smallest absolute Gasteiger partial charge is 0.328 e. The lowest BCUT2D eigenvalue weighted by atomic mass is 9.95. The van der Waals surface area contributed by atoms with E-state index in [4.69, 9.17) is 4.74 Å². The first-order chi connectivity index (χ1) is 16.6. The van der Waals surface area contributed by atoms with E-state index in [1.54, 1.807) is 29.4 Å². The van der Waals surface area contributed by atoms with Crippen molar-refractivity contribution in [3.05, 3.63) is 83.8 Å². The summed E-state index contributed by atoms with van der Waals surface area (Å²) < 4.78 is 5.07. The number of H-pyrrole nitrogens is 2. The van der Waals surface area contributed by atoms with Gasteiger partial charge in [-0.25, -0.2) is 9.78 Å². The van der Waals surface area contributed by atoms with Crippen LogP contribution in [-0.2, 0) is 22.5 Å². The minimum Gasteiger partial charge on any atom is -0.467 e. The Balaban J connectivity index is 1.37. The number of imidazole rings is 1. The number of methoxy groups -OCH3 is 1. The van der Waals surface area contributed by atoms with Gasteiger partial charge in [-0.1, -0.05) is 18.2 Å². The van der Waals surface area contributed by atoms with Crippen molar-refractivity contribution in [1.82, 2.24) is 24.8 Å². The zero-order valence-electron chi connectivity index (χ0n) is 18.4. The van der Waals surface area contributed by atoms with Gasteiger partial charge < -0.3 is 19.6 Å². The number of ether oxygens (including phenoxy) is 1. The molecule has 0 saturated carbocycles. The van der Waals surface area contributed by atoms with Crippen molar-refractivity contribution in [2.75, 3.05) is 7.11 Å². The van der Waals surface area contributed by atoms with Crippen molar-refractivity contribution in [2.24, 2.45) is 0 Å². The minimum atomic E-state index is -0.700. The molecule has 1 aliphatic rings. The predicted octanol–water partition coefficient (Wildman–Crippen LogP) is 3.85. The largest absolute Gasteiger partial charge is 0.467 e. The van der Waals surface area contributed by atoms with E-state index in [1.165, 1.54) is 7.11 Å². The van der Waals surface area contributed by atoms with Gasteiger partial charge in [-0.2, -0.15) is 0 Å². The topological polar surface area (TPSA) is 104 Å². The second-order valence-corrected chi connectivity index (χ2v) is 8.36. The molecule has 0 spiro atoms. The molecule has 0 aliphatic carbocycles. The van der Waals surface area contributed by atoms with Crippen LogP contribution in [0.4, 0.5) is 0 Å². The summed E-state index contributed by atoms with van der Waals surface area (Å²) in [6.45, 7) is 0.298. The molecular formula is C26H21N5O3. The molecule has 1 atom stereocenters. The van der Waals surface area contributed by atoms with Gasteiger partial charge in [0.05, 0.1) is 24.7 Å². The van der Waals surface area contributed by atoms with Gasteiger partial charge in [0, 0.05) is 46.5 Å². The monoisotopic (exact) mass is 451 g/mol. The Hall–Kier alpha value is -4.46. The SMILES string of the molecule is COC(=O)C1Cc2c([nH]c3ccccc23)CN1C(=O)c1ccc2nc(-c3ccncc3)[nH]c2c1. The van der Waals surface area contributed by atoms with Gasteiger partial charge >= 0.3 is 5.97 Å². The summed E-state index contributed by atoms with van der Waals surface area (Å²) in [6, 6.07) is 16.4. The van der Waals surface area contributed by atoms with Crippen molar-refractivity contribution in [3.63, 3.8) is 0 Å². The summed E-state index contributed by atoms with van der Waals surface area (Å²) in [6.07, 6.45) is 3.81. The molecule has 4 heterocycles. The van der Waals surface area contributed by atoms with Crippen LogP contribution in [-0.4, -0.2) is 49.9 Å². The molecule has 2 N–H and O–H groups in total.